The van der Waals surface area contributed by atoms with Crippen LogP contribution >= 0.6 is 38.9 Å². The molecule has 2 rings (SSSR count). The monoisotopic (exact) mass is 302 g/mol. The molecule has 0 saturated heterocycles. The van der Waals surface area contributed by atoms with Crippen LogP contribution in [0, 0.1) is 6.92 Å². The van der Waals surface area contributed by atoms with E-state index < -0.39 is 0 Å². The first kappa shape index (κ1) is 10.9. The van der Waals surface area contributed by atoms with Gasteiger partial charge in [0.25, 0.3) is 0 Å². The number of hydrogen-bond donors (Lipinski definition) is 1. The third-order valence-electron chi connectivity index (χ3n) is 1.91. The van der Waals surface area contributed by atoms with Gasteiger partial charge < -0.3 is 5.32 Å². The fourth-order valence-corrected chi connectivity index (χ4v) is 2.58. The molecule has 78 valence electrons. The number of benzene rings is 1. The molecule has 2 aromatic rings. The fourth-order valence-electron chi connectivity index (χ4n) is 1.19. The highest BCUT2D eigenvalue weighted by Crippen LogP contribution is 2.26. The van der Waals surface area contributed by atoms with Crippen molar-refractivity contribution in [3.8, 4) is 0 Å². The zero-order valence-electron chi connectivity index (χ0n) is 7.92. The Labute approximate surface area is 105 Å². The van der Waals surface area contributed by atoms with Gasteiger partial charge in [0.05, 0.1) is 0 Å². The Morgan fingerprint density at radius 1 is 1.47 bits per heavy atom. The van der Waals surface area contributed by atoms with E-state index in [9.17, 15) is 0 Å². The van der Waals surface area contributed by atoms with Gasteiger partial charge >= 0.3 is 0 Å². The largest absolute Gasteiger partial charge is 0.331 e. The minimum absolute atomic E-state index is 0.748. The SMILES string of the molecule is Cc1cc(Cl)ccc1Nc1nc(Br)cs1. The van der Waals surface area contributed by atoms with E-state index in [4.69, 9.17) is 11.6 Å². The molecule has 0 spiro atoms. The summed E-state index contributed by atoms with van der Waals surface area (Å²) in [6.07, 6.45) is 0. The molecule has 1 aromatic carbocycles. The lowest BCUT2D eigenvalue weighted by Gasteiger charge is -2.06. The Hall–Kier alpha value is -0.580. The Balaban J connectivity index is 2.24. The number of rotatable bonds is 2. The lowest BCUT2D eigenvalue weighted by molar-refractivity contribution is 1.33. The van der Waals surface area contributed by atoms with Crippen molar-refractivity contribution in [1.82, 2.24) is 4.98 Å². The van der Waals surface area contributed by atoms with E-state index in [1.54, 1.807) is 11.3 Å². The highest BCUT2D eigenvalue weighted by Gasteiger charge is 2.02. The normalized spacial score (nSPS) is 10.3. The number of hydrogen-bond acceptors (Lipinski definition) is 3. The van der Waals surface area contributed by atoms with Crippen molar-refractivity contribution < 1.29 is 0 Å². The third-order valence-corrected chi connectivity index (χ3v) is 3.61. The maximum atomic E-state index is 5.88. The van der Waals surface area contributed by atoms with Gasteiger partial charge in [0.1, 0.15) is 4.60 Å². The second-order valence-corrected chi connectivity index (χ2v) is 5.17. The minimum Gasteiger partial charge on any atom is -0.331 e. The van der Waals surface area contributed by atoms with E-state index in [1.807, 2.05) is 30.5 Å². The van der Waals surface area contributed by atoms with Crippen molar-refractivity contribution in [2.45, 2.75) is 6.92 Å². The van der Waals surface area contributed by atoms with Gasteiger partial charge in [-0.05, 0) is 46.6 Å². The summed E-state index contributed by atoms with van der Waals surface area (Å²) >= 11 is 10.7. The van der Waals surface area contributed by atoms with Crippen LogP contribution in [0.2, 0.25) is 5.02 Å². The Morgan fingerprint density at radius 3 is 2.87 bits per heavy atom. The summed E-state index contributed by atoms with van der Waals surface area (Å²) in [5.74, 6) is 0. The van der Waals surface area contributed by atoms with Crippen molar-refractivity contribution in [3.63, 3.8) is 0 Å². The second-order valence-electron chi connectivity index (χ2n) is 3.06. The zero-order chi connectivity index (χ0) is 10.8. The number of aromatic nitrogens is 1. The number of anilines is 2. The topological polar surface area (TPSA) is 24.9 Å². The average molecular weight is 304 g/mol. The molecule has 5 heteroatoms. The standard InChI is InChI=1S/C10H8BrClN2S/c1-6-4-7(12)2-3-8(6)13-10-14-9(11)5-15-10/h2-5H,1H3,(H,13,14). The molecule has 0 radical (unpaired) electrons. The molecular formula is C10H8BrClN2S. The molecule has 2 nitrogen and oxygen atoms in total. The molecule has 15 heavy (non-hydrogen) atoms. The van der Waals surface area contributed by atoms with Crippen LogP contribution in [0.5, 0.6) is 0 Å². The minimum atomic E-state index is 0.748. The maximum absolute atomic E-state index is 5.88. The van der Waals surface area contributed by atoms with Gasteiger partial charge in [0.2, 0.25) is 0 Å². The molecule has 0 aliphatic carbocycles. The number of aryl methyl sites for hydroxylation is 1. The second kappa shape index (κ2) is 4.51. The van der Waals surface area contributed by atoms with Crippen molar-refractivity contribution >= 4 is 49.7 Å². The summed E-state index contributed by atoms with van der Waals surface area (Å²) in [5.41, 5.74) is 2.13. The Morgan fingerprint density at radius 2 is 2.27 bits per heavy atom. The summed E-state index contributed by atoms with van der Waals surface area (Å²) in [6, 6.07) is 5.74. The van der Waals surface area contributed by atoms with Crippen LogP contribution in [0.25, 0.3) is 0 Å². The van der Waals surface area contributed by atoms with Gasteiger partial charge in [-0.15, -0.1) is 11.3 Å². The predicted octanol–water partition coefficient (Wildman–Crippen LogP) is 4.61. The molecule has 0 bridgehead atoms. The number of halogens is 2. The molecule has 0 fully saturated rings. The number of thiazole rings is 1. The Kier molecular flexibility index (Phi) is 3.29. The smallest absolute Gasteiger partial charge is 0.188 e. The lowest BCUT2D eigenvalue weighted by atomic mass is 10.2. The lowest BCUT2D eigenvalue weighted by Crippen LogP contribution is -1.91. The van der Waals surface area contributed by atoms with Crippen LogP contribution in [0.3, 0.4) is 0 Å². The van der Waals surface area contributed by atoms with Gasteiger partial charge in [-0.3, -0.25) is 0 Å². The van der Waals surface area contributed by atoms with Crippen LogP contribution in [0.15, 0.2) is 28.2 Å². The number of nitrogens with one attached hydrogen (secondary N) is 1. The summed E-state index contributed by atoms with van der Waals surface area (Å²) in [7, 11) is 0. The Bertz CT molecular complexity index is 484. The van der Waals surface area contributed by atoms with Gasteiger partial charge in [0, 0.05) is 16.1 Å². The van der Waals surface area contributed by atoms with E-state index in [0.29, 0.717) is 0 Å². The quantitative estimate of drug-likeness (QED) is 0.876. The summed E-state index contributed by atoms with van der Waals surface area (Å²) in [5, 5.41) is 6.79. The van der Waals surface area contributed by atoms with Crippen LogP contribution in [0.4, 0.5) is 10.8 Å². The van der Waals surface area contributed by atoms with Gasteiger partial charge in [-0.25, -0.2) is 4.98 Å². The van der Waals surface area contributed by atoms with E-state index in [-0.39, 0.29) is 0 Å². The third kappa shape index (κ3) is 2.71. The van der Waals surface area contributed by atoms with Crippen molar-refractivity contribution in [1.29, 1.82) is 0 Å². The summed E-state index contributed by atoms with van der Waals surface area (Å²) in [4.78, 5) is 4.26. The molecule has 1 aromatic heterocycles. The molecule has 0 amide bonds. The molecule has 0 atom stereocenters. The van der Waals surface area contributed by atoms with Crippen molar-refractivity contribution in [3.05, 3.63) is 38.8 Å². The van der Waals surface area contributed by atoms with Crippen LogP contribution < -0.4 is 5.32 Å². The van der Waals surface area contributed by atoms with E-state index >= 15 is 0 Å². The highest BCUT2D eigenvalue weighted by atomic mass is 79.9. The van der Waals surface area contributed by atoms with Crippen molar-refractivity contribution in [2.24, 2.45) is 0 Å². The first-order valence-corrected chi connectivity index (χ1v) is 6.34. The number of nitrogens with zero attached hydrogens (tertiary/aromatic N) is 1. The summed E-state index contributed by atoms with van der Waals surface area (Å²) in [6.45, 7) is 2.01. The van der Waals surface area contributed by atoms with Gasteiger partial charge in [0.15, 0.2) is 5.13 Å². The van der Waals surface area contributed by atoms with Crippen LogP contribution in [0.1, 0.15) is 5.56 Å². The van der Waals surface area contributed by atoms with Gasteiger partial charge in [-0.1, -0.05) is 11.6 Å². The first-order chi connectivity index (χ1) is 7.15. The average Bonchev–Trinajstić information content (AvgIpc) is 2.56. The predicted molar refractivity (Wildman–Crippen MR) is 69.3 cm³/mol. The van der Waals surface area contributed by atoms with Crippen LogP contribution in [-0.2, 0) is 0 Å². The summed E-state index contributed by atoms with van der Waals surface area (Å²) < 4.78 is 0.849. The van der Waals surface area contributed by atoms with E-state index in [2.05, 4.69) is 26.2 Å². The van der Waals surface area contributed by atoms with Gasteiger partial charge in [-0.2, -0.15) is 0 Å². The first-order valence-electron chi connectivity index (χ1n) is 4.29. The molecule has 0 aliphatic rings. The zero-order valence-corrected chi connectivity index (χ0v) is 11.1. The van der Waals surface area contributed by atoms with Crippen molar-refractivity contribution in [2.75, 3.05) is 5.32 Å². The van der Waals surface area contributed by atoms with Crippen LogP contribution in [-0.4, -0.2) is 4.98 Å². The molecule has 1 heterocycles. The fraction of sp³-hybridized carbons (Fsp3) is 0.100. The molecule has 1 N–H and O–H groups in total. The van der Waals surface area contributed by atoms with E-state index in [0.717, 1.165) is 26.0 Å². The molecule has 0 aliphatic heterocycles. The molecular weight excluding hydrogens is 296 g/mol. The maximum Gasteiger partial charge on any atom is 0.188 e. The van der Waals surface area contributed by atoms with E-state index in [1.165, 1.54) is 0 Å². The molecule has 0 saturated carbocycles. The molecule has 0 unspecified atom stereocenters. The highest BCUT2D eigenvalue weighted by molar-refractivity contribution is 9.10.